The average molecular weight is 203 g/mol. The van der Waals surface area contributed by atoms with Crippen LogP contribution in [-0.2, 0) is 14.6 Å². The van der Waals surface area contributed by atoms with E-state index in [1.165, 1.54) is 0 Å². The third kappa shape index (κ3) is 97.2. The van der Waals surface area contributed by atoms with Crippen molar-refractivity contribution in [1.82, 2.24) is 5.06 Å². The Labute approximate surface area is 73.7 Å². The molecule has 0 saturated heterocycles. The highest BCUT2D eigenvalue weighted by Gasteiger charge is 1.93. The molecule has 0 aliphatic carbocycles. The molecule has 7 heteroatoms. The molecule has 0 spiro atoms. The SMILES string of the molecule is CC.CN(C)O.COS(=O)(=O)O. The molecule has 0 heterocycles. The number of hydroxylamine groups is 2. The molecule has 0 amide bonds. The third-order valence-corrected chi connectivity index (χ3v) is 0.632. The lowest BCUT2D eigenvalue weighted by atomic mass is 11.0. The zero-order valence-electron chi connectivity index (χ0n) is 7.97. The van der Waals surface area contributed by atoms with Crippen LogP contribution in [0.4, 0.5) is 0 Å². The van der Waals surface area contributed by atoms with Crippen LogP contribution in [0.2, 0.25) is 0 Å². The largest absolute Gasteiger partial charge is 0.397 e. The summed E-state index contributed by atoms with van der Waals surface area (Å²) < 4.78 is 29.7. The minimum Gasteiger partial charge on any atom is -0.315 e. The van der Waals surface area contributed by atoms with Gasteiger partial charge in [0.2, 0.25) is 0 Å². The van der Waals surface area contributed by atoms with Gasteiger partial charge in [-0.05, 0) is 0 Å². The van der Waals surface area contributed by atoms with Gasteiger partial charge >= 0.3 is 10.4 Å². The second-order valence-electron chi connectivity index (χ2n) is 1.44. The molecule has 0 aliphatic rings. The summed E-state index contributed by atoms with van der Waals surface area (Å²) in [6, 6.07) is 0. The molecule has 0 saturated carbocycles. The standard InChI is InChI=1S/C2H7NO.C2H6.CH4O4S/c1-3(2)4;1-2;1-5-6(2,3)4/h4H,1-2H3;1-2H3;1H3,(H,2,3,4). The van der Waals surface area contributed by atoms with Crippen molar-refractivity contribution >= 4 is 10.4 Å². The van der Waals surface area contributed by atoms with Crippen molar-refractivity contribution in [1.29, 1.82) is 0 Å². The van der Waals surface area contributed by atoms with Crippen LogP contribution >= 0.6 is 0 Å². The lowest BCUT2D eigenvalue weighted by molar-refractivity contribution is -0.0372. The van der Waals surface area contributed by atoms with E-state index in [0.717, 1.165) is 12.2 Å². The van der Waals surface area contributed by atoms with Crippen molar-refractivity contribution in [3.8, 4) is 0 Å². The quantitative estimate of drug-likeness (QED) is 0.474. The minimum absolute atomic E-state index is 0.870. The van der Waals surface area contributed by atoms with E-state index in [2.05, 4.69) is 4.18 Å². The fourth-order valence-electron chi connectivity index (χ4n) is 0. The molecule has 0 unspecified atom stereocenters. The lowest BCUT2D eigenvalue weighted by Gasteiger charge is -1.89. The summed E-state index contributed by atoms with van der Waals surface area (Å²) in [5.41, 5.74) is 0. The average Bonchev–Trinajstić information content (AvgIpc) is 1.90. The third-order valence-electron chi connectivity index (χ3n) is 0.211. The van der Waals surface area contributed by atoms with Crippen molar-refractivity contribution in [2.24, 2.45) is 0 Å². The van der Waals surface area contributed by atoms with E-state index < -0.39 is 10.4 Å². The Morgan fingerprint density at radius 1 is 1.25 bits per heavy atom. The van der Waals surface area contributed by atoms with E-state index in [1.807, 2.05) is 13.8 Å². The highest BCUT2D eigenvalue weighted by atomic mass is 32.3. The van der Waals surface area contributed by atoms with Gasteiger partial charge in [-0.15, -0.1) is 0 Å². The lowest BCUT2D eigenvalue weighted by Crippen LogP contribution is -2.01. The normalized spacial score (nSPS) is 9.33. The molecule has 0 radical (unpaired) electrons. The van der Waals surface area contributed by atoms with Gasteiger partial charge in [-0.2, -0.15) is 13.5 Å². The van der Waals surface area contributed by atoms with Crippen molar-refractivity contribution in [2.75, 3.05) is 21.2 Å². The first kappa shape index (κ1) is 17.8. The first-order valence-electron chi connectivity index (χ1n) is 3.19. The first-order chi connectivity index (χ1) is 5.29. The van der Waals surface area contributed by atoms with Gasteiger partial charge in [-0.1, -0.05) is 13.8 Å². The van der Waals surface area contributed by atoms with Crippen LogP contribution in [-0.4, -0.2) is 44.4 Å². The van der Waals surface area contributed by atoms with Crippen LogP contribution in [0.3, 0.4) is 0 Å². The molecule has 0 atom stereocenters. The maximum absolute atomic E-state index is 9.33. The zero-order chi connectivity index (χ0) is 10.8. The topological polar surface area (TPSA) is 87.1 Å². The molecule has 78 valence electrons. The van der Waals surface area contributed by atoms with Gasteiger partial charge in [0.1, 0.15) is 0 Å². The summed E-state index contributed by atoms with van der Waals surface area (Å²) >= 11 is 0. The van der Waals surface area contributed by atoms with Crippen LogP contribution in [0.15, 0.2) is 0 Å². The van der Waals surface area contributed by atoms with E-state index in [0.29, 0.717) is 0 Å². The van der Waals surface area contributed by atoms with Crippen LogP contribution in [0.25, 0.3) is 0 Å². The van der Waals surface area contributed by atoms with Crippen molar-refractivity contribution < 1.29 is 22.4 Å². The van der Waals surface area contributed by atoms with Gasteiger partial charge in [0, 0.05) is 14.1 Å². The van der Waals surface area contributed by atoms with Gasteiger partial charge in [-0.25, -0.2) is 0 Å². The van der Waals surface area contributed by atoms with E-state index in [9.17, 15) is 8.42 Å². The van der Waals surface area contributed by atoms with Gasteiger partial charge in [0.15, 0.2) is 0 Å². The number of rotatable bonds is 1. The van der Waals surface area contributed by atoms with E-state index in [-0.39, 0.29) is 0 Å². The second kappa shape index (κ2) is 10.8. The zero-order valence-corrected chi connectivity index (χ0v) is 8.79. The summed E-state index contributed by atoms with van der Waals surface area (Å²) in [7, 11) is -0.181. The molecule has 0 rings (SSSR count). The Balaban J connectivity index is -0.000000118. The Morgan fingerprint density at radius 2 is 1.33 bits per heavy atom. The van der Waals surface area contributed by atoms with Crippen molar-refractivity contribution in [2.45, 2.75) is 13.8 Å². The number of hydrogen-bond donors (Lipinski definition) is 2. The highest BCUT2D eigenvalue weighted by molar-refractivity contribution is 7.80. The van der Waals surface area contributed by atoms with Crippen molar-refractivity contribution in [3.63, 3.8) is 0 Å². The fraction of sp³-hybridized carbons (Fsp3) is 1.00. The van der Waals surface area contributed by atoms with E-state index >= 15 is 0 Å². The Kier molecular flexibility index (Phi) is 16.0. The van der Waals surface area contributed by atoms with Gasteiger partial charge in [0.05, 0.1) is 7.11 Å². The first-order valence-corrected chi connectivity index (χ1v) is 4.55. The summed E-state index contributed by atoms with van der Waals surface area (Å²) in [6.07, 6.45) is 0. The van der Waals surface area contributed by atoms with E-state index in [1.54, 1.807) is 14.1 Å². The molecule has 12 heavy (non-hydrogen) atoms. The van der Waals surface area contributed by atoms with Gasteiger partial charge < -0.3 is 5.21 Å². The smallest absolute Gasteiger partial charge is 0.315 e. The van der Waals surface area contributed by atoms with Crippen LogP contribution in [0.5, 0.6) is 0 Å². The fourth-order valence-corrected chi connectivity index (χ4v) is 0. The maximum atomic E-state index is 9.33. The summed E-state index contributed by atoms with van der Waals surface area (Å²) in [5, 5.41) is 8.89. The van der Waals surface area contributed by atoms with Crippen LogP contribution in [0.1, 0.15) is 13.8 Å². The predicted molar refractivity (Wildman–Crippen MR) is 45.4 cm³/mol. The maximum Gasteiger partial charge on any atom is 0.397 e. The summed E-state index contributed by atoms with van der Waals surface area (Å²) in [4.78, 5) is 0. The summed E-state index contributed by atoms with van der Waals surface area (Å²) in [5.74, 6) is 0. The number of nitrogens with zero attached hydrogens (tertiary/aromatic N) is 1. The Hall–Kier alpha value is -0.210. The van der Waals surface area contributed by atoms with Crippen LogP contribution < -0.4 is 0 Å². The molecule has 2 N–H and O–H groups in total. The molecule has 0 aromatic carbocycles. The second-order valence-corrected chi connectivity index (χ2v) is 2.63. The monoisotopic (exact) mass is 203 g/mol. The van der Waals surface area contributed by atoms with Crippen molar-refractivity contribution in [3.05, 3.63) is 0 Å². The molecular weight excluding hydrogens is 186 g/mol. The van der Waals surface area contributed by atoms with Crippen LogP contribution in [0, 0.1) is 0 Å². The molecule has 0 aromatic heterocycles. The molecule has 0 aromatic rings. The Morgan fingerprint density at radius 3 is 1.33 bits per heavy atom. The van der Waals surface area contributed by atoms with Gasteiger partial charge in [0.25, 0.3) is 0 Å². The minimum atomic E-state index is -4.16. The molecular formula is C5H17NO5S. The van der Waals surface area contributed by atoms with E-state index in [4.69, 9.17) is 9.76 Å². The Bertz CT molecular complexity index is 150. The predicted octanol–water partition coefficient (Wildman–Crippen LogP) is 0.399. The molecule has 6 nitrogen and oxygen atoms in total. The highest BCUT2D eigenvalue weighted by Crippen LogP contribution is 1.74. The molecule has 0 bridgehead atoms. The molecule has 0 aliphatic heterocycles. The number of hydrogen-bond acceptors (Lipinski definition) is 5. The molecule has 0 fully saturated rings. The van der Waals surface area contributed by atoms with Gasteiger partial charge in [-0.3, -0.25) is 8.74 Å². The summed E-state index contributed by atoms with van der Waals surface area (Å²) in [6.45, 7) is 4.00.